The fourth-order valence-corrected chi connectivity index (χ4v) is 0.303. The summed E-state index contributed by atoms with van der Waals surface area (Å²) in [5.74, 6) is 4.93. The summed E-state index contributed by atoms with van der Waals surface area (Å²) in [6, 6.07) is 0. The number of hydrogen-bond donors (Lipinski definition) is 1. The molecule has 5 heteroatoms. The van der Waals surface area contributed by atoms with Crippen molar-refractivity contribution in [3.8, 4) is 0 Å². The summed E-state index contributed by atoms with van der Waals surface area (Å²) in [5.41, 5.74) is 0. The summed E-state index contributed by atoms with van der Waals surface area (Å²) in [6.45, 7) is -0.149. The van der Waals surface area contributed by atoms with Crippen molar-refractivity contribution in [1.82, 2.24) is 5.01 Å². The van der Waals surface area contributed by atoms with Crippen LogP contribution in [0, 0.1) is 0 Å². The van der Waals surface area contributed by atoms with Crippen LogP contribution < -0.4 is 5.84 Å². The standard InChI is InChI=1S/C4H9F3N2/c1-9(8)3-2-4(5,6)7/h2-3,8H2,1H3. The normalized spacial score (nSPS) is 12.7. The van der Waals surface area contributed by atoms with Crippen LogP contribution in [0.5, 0.6) is 0 Å². The van der Waals surface area contributed by atoms with Gasteiger partial charge in [0, 0.05) is 13.6 Å². The van der Waals surface area contributed by atoms with Crippen molar-refractivity contribution >= 4 is 0 Å². The van der Waals surface area contributed by atoms with Crippen LogP contribution in [0.25, 0.3) is 0 Å². The van der Waals surface area contributed by atoms with E-state index >= 15 is 0 Å². The van der Waals surface area contributed by atoms with E-state index in [2.05, 4.69) is 0 Å². The molecule has 0 aromatic rings. The summed E-state index contributed by atoms with van der Waals surface area (Å²) in [6.07, 6.45) is -4.94. The molecule has 0 aromatic heterocycles. The van der Waals surface area contributed by atoms with Crippen molar-refractivity contribution in [2.24, 2.45) is 5.84 Å². The van der Waals surface area contributed by atoms with E-state index in [0.29, 0.717) is 0 Å². The minimum Gasteiger partial charge on any atom is -0.269 e. The molecule has 0 fully saturated rings. The highest BCUT2D eigenvalue weighted by atomic mass is 19.4. The van der Waals surface area contributed by atoms with Gasteiger partial charge < -0.3 is 0 Å². The van der Waals surface area contributed by atoms with E-state index in [1.807, 2.05) is 0 Å². The Balaban J connectivity index is 3.28. The molecule has 0 atom stereocenters. The number of hydrogen-bond acceptors (Lipinski definition) is 2. The average molecular weight is 142 g/mol. The lowest BCUT2D eigenvalue weighted by Gasteiger charge is -2.10. The van der Waals surface area contributed by atoms with Crippen molar-refractivity contribution < 1.29 is 13.2 Å². The highest BCUT2D eigenvalue weighted by molar-refractivity contribution is 4.51. The molecule has 2 nitrogen and oxygen atoms in total. The van der Waals surface area contributed by atoms with Gasteiger partial charge in [-0.15, -0.1) is 0 Å². The molecular weight excluding hydrogens is 133 g/mol. The first-order valence-corrected chi connectivity index (χ1v) is 2.44. The molecule has 0 unspecified atom stereocenters. The zero-order valence-electron chi connectivity index (χ0n) is 5.07. The summed E-state index contributed by atoms with van der Waals surface area (Å²) in [5, 5.41) is 1.01. The van der Waals surface area contributed by atoms with Crippen LogP contribution in [0.15, 0.2) is 0 Å². The van der Waals surface area contributed by atoms with E-state index in [-0.39, 0.29) is 6.54 Å². The smallest absolute Gasteiger partial charge is 0.269 e. The van der Waals surface area contributed by atoms with Gasteiger partial charge in [0.05, 0.1) is 6.42 Å². The van der Waals surface area contributed by atoms with Crippen LogP contribution >= 0.6 is 0 Å². The third-order valence-corrected chi connectivity index (χ3v) is 0.748. The molecular formula is C4H9F3N2. The van der Waals surface area contributed by atoms with E-state index in [4.69, 9.17) is 5.84 Å². The van der Waals surface area contributed by atoms with Crippen molar-refractivity contribution in [2.45, 2.75) is 12.6 Å². The molecule has 9 heavy (non-hydrogen) atoms. The Hall–Kier alpha value is -0.290. The lowest BCUT2D eigenvalue weighted by atomic mass is 10.4. The molecule has 0 heterocycles. The number of rotatable bonds is 2. The van der Waals surface area contributed by atoms with Crippen LogP contribution in [0.2, 0.25) is 0 Å². The number of alkyl halides is 3. The second-order valence-corrected chi connectivity index (χ2v) is 1.85. The molecule has 0 aliphatic carbocycles. The van der Waals surface area contributed by atoms with Crippen LogP contribution in [-0.2, 0) is 0 Å². The molecule has 0 radical (unpaired) electrons. The van der Waals surface area contributed by atoms with Gasteiger partial charge in [-0.25, -0.2) is 5.01 Å². The van der Waals surface area contributed by atoms with Crippen molar-refractivity contribution in [3.63, 3.8) is 0 Å². The van der Waals surface area contributed by atoms with Gasteiger partial charge in [-0.1, -0.05) is 0 Å². The highest BCUT2D eigenvalue weighted by Crippen LogP contribution is 2.18. The van der Waals surface area contributed by atoms with Gasteiger partial charge in [0.15, 0.2) is 0 Å². The molecule has 0 rings (SSSR count). The Morgan fingerprint density at radius 3 is 2.00 bits per heavy atom. The predicted octanol–water partition coefficient (Wildman–Crippen LogP) is 0.744. The summed E-state index contributed by atoms with van der Waals surface area (Å²) in [7, 11) is 1.39. The lowest BCUT2D eigenvalue weighted by molar-refractivity contribution is -0.137. The van der Waals surface area contributed by atoms with Crippen molar-refractivity contribution in [1.29, 1.82) is 0 Å². The first-order chi connectivity index (χ1) is 3.92. The van der Waals surface area contributed by atoms with Gasteiger partial charge >= 0.3 is 6.18 Å². The van der Waals surface area contributed by atoms with E-state index in [1.54, 1.807) is 0 Å². The first kappa shape index (κ1) is 8.71. The van der Waals surface area contributed by atoms with E-state index < -0.39 is 12.6 Å². The van der Waals surface area contributed by atoms with E-state index in [1.165, 1.54) is 7.05 Å². The van der Waals surface area contributed by atoms with Crippen molar-refractivity contribution in [2.75, 3.05) is 13.6 Å². The number of halogens is 3. The predicted molar refractivity (Wildman–Crippen MR) is 27.5 cm³/mol. The van der Waals surface area contributed by atoms with Crippen LogP contribution in [-0.4, -0.2) is 24.8 Å². The van der Waals surface area contributed by atoms with Gasteiger partial charge in [0.25, 0.3) is 0 Å². The molecule has 0 aliphatic heterocycles. The molecule has 0 spiro atoms. The fourth-order valence-electron chi connectivity index (χ4n) is 0.303. The molecule has 0 bridgehead atoms. The Kier molecular flexibility index (Phi) is 2.93. The quantitative estimate of drug-likeness (QED) is 0.455. The highest BCUT2D eigenvalue weighted by Gasteiger charge is 2.26. The van der Waals surface area contributed by atoms with Gasteiger partial charge in [0.1, 0.15) is 0 Å². The summed E-state index contributed by atoms with van der Waals surface area (Å²) < 4.78 is 34.0. The van der Waals surface area contributed by atoms with Crippen LogP contribution in [0.4, 0.5) is 13.2 Å². The molecule has 0 saturated heterocycles. The average Bonchev–Trinajstić information content (AvgIpc) is 1.59. The van der Waals surface area contributed by atoms with Gasteiger partial charge in [-0.2, -0.15) is 13.2 Å². The maximum Gasteiger partial charge on any atom is 0.390 e. The minimum absolute atomic E-state index is 0.149. The van der Waals surface area contributed by atoms with Crippen LogP contribution in [0.1, 0.15) is 6.42 Å². The van der Waals surface area contributed by atoms with Gasteiger partial charge in [-0.3, -0.25) is 5.84 Å². The maximum atomic E-state index is 11.3. The monoisotopic (exact) mass is 142 g/mol. The topological polar surface area (TPSA) is 29.3 Å². The fraction of sp³-hybridized carbons (Fsp3) is 1.00. The maximum absolute atomic E-state index is 11.3. The zero-order valence-corrected chi connectivity index (χ0v) is 5.07. The third kappa shape index (κ3) is 7.71. The number of hydrazine groups is 1. The molecule has 0 saturated carbocycles. The molecule has 0 aliphatic rings. The van der Waals surface area contributed by atoms with E-state index in [9.17, 15) is 13.2 Å². The molecule has 0 aromatic carbocycles. The summed E-state index contributed by atoms with van der Waals surface area (Å²) >= 11 is 0. The van der Waals surface area contributed by atoms with Crippen LogP contribution in [0.3, 0.4) is 0 Å². The zero-order chi connectivity index (χ0) is 7.49. The van der Waals surface area contributed by atoms with E-state index in [0.717, 1.165) is 5.01 Å². The second kappa shape index (κ2) is 3.03. The number of nitrogens with zero attached hydrogens (tertiary/aromatic N) is 1. The molecule has 2 N–H and O–H groups in total. The number of nitrogens with two attached hydrogens (primary N) is 1. The molecule has 56 valence electrons. The SMILES string of the molecule is CN(N)CCC(F)(F)F. The summed E-state index contributed by atoms with van der Waals surface area (Å²) in [4.78, 5) is 0. The minimum atomic E-state index is -4.09. The lowest BCUT2D eigenvalue weighted by Crippen LogP contribution is -2.30. The Labute approximate surface area is 51.4 Å². The third-order valence-electron chi connectivity index (χ3n) is 0.748. The Morgan fingerprint density at radius 1 is 1.44 bits per heavy atom. The largest absolute Gasteiger partial charge is 0.390 e. The van der Waals surface area contributed by atoms with Crippen molar-refractivity contribution in [3.05, 3.63) is 0 Å². The Morgan fingerprint density at radius 2 is 1.89 bits per heavy atom. The Bertz CT molecular complexity index is 78.4. The molecule has 0 amide bonds. The second-order valence-electron chi connectivity index (χ2n) is 1.85. The first-order valence-electron chi connectivity index (χ1n) is 2.44. The van der Waals surface area contributed by atoms with Gasteiger partial charge in [0.2, 0.25) is 0 Å². The van der Waals surface area contributed by atoms with Gasteiger partial charge in [-0.05, 0) is 0 Å².